The van der Waals surface area contributed by atoms with Crippen LogP contribution in [0, 0.1) is 13.8 Å². The van der Waals surface area contributed by atoms with Crippen LogP contribution in [0.1, 0.15) is 21.5 Å². The number of carbonyl (C=O) groups is 1. The van der Waals surface area contributed by atoms with E-state index in [0.717, 1.165) is 22.4 Å². The molecule has 0 spiro atoms. The number of hydrogen-bond donors (Lipinski definition) is 2. The van der Waals surface area contributed by atoms with Gasteiger partial charge >= 0.3 is 0 Å². The number of amides is 1. The van der Waals surface area contributed by atoms with Gasteiger partial charge in [0.2, 0.25) is 0 Å². The number of aromatic nitrogens is 1. The highest BCUT2D eigenvalue weighted by atomic mass is 32.2. The molecular formula is C24H21N3O3S2. The third kappa shape index (κ3) is 4.87. The van der Waals surface area contributed by atoms with Gasteiger partial charge in [-0.15, -0.1) is 11.3 Å². The predicted molar refractivity (Wildman–Crippen MR) is 129 cm³/mol. The van der Waals surface area contributed by atoms with E-state index >= 15 is 0 Å². The monoisotopic (exact) mass is 463 g/mol. The van der Waals surface area contributed by atoms with E-state index in [1.807, 2.05) is 49.6 Å². The van der Waals surface area contributed by atoms with Crippen LogP contribution >= 0.6 is 11.3 Å². The van der Waals surface area contributed by atoms with Crippen molar-refractivity contribution in [3.63, 3.8) is 0 Å². The van der Waals surface area contributed by atoms with Crippen molar-refractivity contribution in [3.8, 4) is 11.3 Å². The van der Waals surface area contributed by atoms with E-state index in [-0.39, 0.29) is 16.1 Å². The number of benzene rings is 3. The van der Waals surface area contributed by atoms with E-state index in [9.17, 15) is 13.2 Å². The van der Waals surface area contributed by atoms with E-state index in [1.165, 1.54) is 23.5 Å². The first kappa shape index (κ1) is 21.7. The number of rotatable bonds is 6. The fourth-order valence-corrected chi connectivity index (χ4v) is 4.89. The maximum atomic E-state index is 13.0. The Bertz CT molecular complexity index is 1360. The third-order valence-electron chi connectivity index (χ3n) is 4.79. The van der Waals surface area contributed by atoms with Gasteiger partial charge in [-0.05, 0) is 38.1 Å². The Labute approximate surface area is 191 Å². The Kier molecular flexibility index (Phi) is 6.07. The molecule has 0 aliphatic heterocycles. The molecule has 162 valence electrons. The quantitative estimate of drug-likeness (QED) is 0.396. The Balaban J connectivity index is 1.59. The standard InChI is InChI=1S/C24H21N3O3S2/c1-16-8-11-19(12-9-16)32(29,30)27-21-13-10-17(2)14-20(21)23(28)26-24-25-22(15-31-24)18-6-4-3-5-7-18/h3-15,27H,1-2H3,(H,25,26,28). The second-order valence-corrected chi connectivity index (χ2v) is 9.87. The van der Waals surface area contributed by atoms with Gasteiger partial charge in [0, 0.05) is 10.9 Å². The number of hydrogen-bond acceptors (Lipinski definition) is 5. The minimum atomic E-state index is -3.85. The summed E-state index contributed by atoms with van der Waals surface area (Å²) >= 11 is 1.31. The van der Waals surface area contributed by atoms with Crippen LogP contribution in [-0.2, 0) is 10.0 Å². The molecule has 2 N–H and O–H groups in total. The predicted octanol–water partition coefficient (Wildman–Crippen LogP) is 5.48. The highest BCUT2D eigenvalue weighted by Crippen LogP contribution is 2.27. The smallest absolute Gasteiger partial charge is 0.261 e. The average Bonchev–Trinajstić information content (AvgIpc) is 3.24. The lowest BCUT2D eigenvalue weighted by atomic mass is 10.1. The number of thiazole rings is 1. The molecular weight excluding hydrogens is 442 g/mol. The van der Waals surface area contributed by atoms with Crippen molar-refractivity contribution < 1.29 is 13.2 Å². The lowest BCUT2D eigenvalue weighted by molar-refractivity contribution is 0.102. The number of aryl methyl sites for hydroxylation is 2. The van der Waals surface area contributed by atoms with Crippen molar-refractivity contribution in [1.29, 1.82) is 0 Å². The maximum absolute atomic E-state index is 13.0. The van der Waals surface area contributed by atoms with Crippen LogP contribution in [0.25, 0.3) is 11.3 Å². The highest BCUT2D eigenvalue weighted by molar-refractivity contribution is 7.92. The number of carbonyl (C=O) groups excluding carboxylic acids is 1. The second-order valence-electron chi connectivity index (χ2n) is 7.33. The molecule has 1 aromatic heterocycles. The average molecular weight is 464 g/mol. The van der Waals surface area contributed by atoms with Crippen molar-refractivity contribution in [1.82, 2.24) is 4.98 Å². The first-order valence-corrected chi connectivity index (χ1v) is 12.2. The molecule has 6 nitrogen and oxygen atoms in total. The van der Waals surface area contributed by atoms with Crippen LogP contribution in [0.3, 0.4) is 0 Å². The van der Waals surface area contributed by atoms with E-state index in [2.05, 4.69) is 15.0 Å². The summed E-state index contributed by atoms with van der Waals surface area (Å²) < 4.78 is 28.2. The summed E-state index contributed by atoms with van der Waals surface area (Å²) in [6.07, 6.45) is 0. The van der Waals surface area contributed by atoms with Gasteiger partial charge in [0.25, 0.3) is 15.9 Å². The molecule has 0 saturated heterocycles. The topological polar surface area (TPSA) is 88.2 Å². The molecule has 0 bridgehead atoms. The van der Waals surface area contributed by atoms with Gasteiger partial charge in [-0.3, -0.25) is 14.8 Å². The summed E-state index contributed by atoms with van der Waals surface area (Å²) in [7, 11) is -3.85. The van der Waals surface area contributed by atoms with Crippen molar-refractivity contribution in [2.45, 2.75) is 18.7 Å². The fraction of sp³-hybridized carbons (Fsp3) is 0.0833. The molecule has 0 aliphatic rings. The van der Waals surface area contributed by atoms with Gasteiger partial charge in [0.05, 0.1) is 21.8 Å². The number of nitrogens with one attached hydrogen (secondary N) is 2. The summed E-state index contributed by atoms with van der Waals surface area (Å²) in [5.74, 6) is -0.440. The largest absolute Gasteiger partial charge is 0.298 e. The molecule has 4 rings (SSSR count). The van der Waals surface area contributed by atoms with Gasteiger partial charge in [-0.2, -0.15) is 0 Å². The summed E-state index contributed by atoms with van der Waals surface area (Å²) in [6.45, 7) is 3.72. The zero-order chi connectivity index (χ0) is 22.7. The van der Waals surface area contributed by atoms with Crippen LogP contribution < -0.4 is 10.0 Å². The Morgan fingerprint density at radius 1 is 0.906 bits per heavy atom. The van der Waals surface area contributed by atoms with E-state index in [0.29, 0.717) is 5.13 Å². The fourth-order valence-electron chi connectivity index (χ4n) is 3.09. The number of sulfonamides is 1. The molecule has 0 atom stereocenters. The summed E-state index contributed by atoms with van der Waals surface area (Å²) in [5.41, 5.74) is 3.92. The molecule has 0 unspecified atom stereocenters. The Hall–Kier alpha value is -3.49. The maximum Gasteiger partial charge on any atom is 0.261 e. The first-order valence-electron chi connectivity index (χ1n) is 9.84. The van der Waals surface area contributed by atoms with Crippen molar-refractivity contribution in [2.75, 3.05) is 10.0 Å². The molecule has 4 aromatic rings. The SMILES string of the molecule is Cc1ccc(S(=O)(=O)Nc2ccc(C)cc2C(=O)Nc2nc(-c3ccccc3)cs2)cc1. The molecule has 32 heavy (non-hydrogen) atoms. The molecule has 1 heterocycles. The van der Waals surface area contributed by atoms with Crippen molar-refractivity contribution in [2.24, 2.45) is 0 Å². The van der Waals surface area contributed by atoms with Gasteiger partial charge in [0.15, 0.2) is 5.13 Å². The Morgan fingerprint density at radius 3 is 2.31 bits per heavy atom. The normalized spacial score (nSPS) is 11.2. The summed E-state index contributed by atoms with van der Waals surface area (Å²) in [4.78, 5) is 17.6. The van der Waals surface area contributed by atoms with Crippen LogP contribution in [0.2, 0.25) is 0 Å². The molecule has 0 saturated carbocycles. The molecule has 3 aromatic carbocycles. The van der Waals surface area contributed by atoms with Crippen LogP contribution in [0.15, 0.2) is 83.1 Å². The lowest BCUT2D eigenvalue weighted by Crippen LogP contribution is -2.19. The van der Waals surface area contributed by atoms with E-state index < -0.39 is 15.9 Å². The van der Waals surface area contributed by atoms with Gasteiger partial charge in [-0.25, -0.2) is 13.4 Å². The number of nitrogens with zero attached hydrogens (tertiary/aromatic N) is 1. The van der Waals surface area contributed by atoms with Crippen LogP contribution in [-0.4, -0.2) is 19.3 Å². The summed E-state index contributed by atoms with van der Waals surface area (Å²) in [5, 5.41) is 5.08. The molecule has 0 aliphatic carbocycles. The minimum absolute atomic E-state index is 0.127. The number of anilines is 2. The minimum Gasteiger partial charge on any atom is -0.298 e. The van der Waals surface area contributed by atoms with E-state index in [4.69, 9.17) is 0 Å². The molecule has 0 fully saturated rings. The van der Waals surface area contributed by atoms with Crippen LogP contribution in [0.4, 0.5) is 10.8 Å². The van der Waals surface area contributed by atoms with Gasteiger partial charge < -0.3 is 0 Å². The molecule has 0 radical (unpaired) electrons. The van der Waals surface area contributed by atoms with Crippen molar-refractivity contribution >= 4 is 38.1 Å². The third-order valence-corrected chi connectivity index (χ3v) is 6.93. The summed E-state index contributed by atoms with van der Waals surface area (Å²) in [6, 6.07) is 21.2. The molecule has 1 amide bonds. The van der Waals surface area contributed by atoms with Gasteiger partial charge in [-0.1, -0.05) is 59.7 Å². The highest BCUT2D eigenvalue weighted by Gasteiger charge is 2.20. The van der Waals surface area contributed by atoms with E-state index in [1.54, 1.807) is 30.3 Å². The zero-order valence-electron chi connectivity index (χ0n) is 17.5. The van der Waals surface area contributed by atoms with Crippen molar-refractivity contribution in [3.05, 3.63) is 94.9 Å². The first-order chi connectivity index (χ1) is 15.3. The molecule has 8 heteroatoms. The zero-order valence-corrected chi connectivity index (χ0v) is 19.1. The lowest BCUT2D eigenvalue weighted by Gasteiger charge is -2.13. The van der Waals surface area contributed by atoms with Crippen LogP contribution in [0.5, 0.6) is 0 Å². The Morgan fingerprint density at radius 2 is 1.59 bits per heavy atom. The second kappa shape index (κ2) is 8.94. The van der Waals surface area contributed by atoms with Gasteiger partial charge in [0.1, 0.15) is 0 Å².